The van der Waals surface area contributed by atoms with E-state index in [1.165, 1.54) is 0 Å². The van der Waals surface area contributed by atoms with Gasteiger partial charge in [-0.05, 0) is 0 Å². The van der Waals surface area contributed by atoms with Crippen LogP contribution in [0.5, 0.6) is 0 Å². The molecule has 0 aromatic carbocycles. The van der Waals surface area contributed by atoms with E-state index in [-0.39, 0.29) is 122 Å². The summed E-state index contributed by atoms with van der Waals surface area (Å²) in [6.45, 7) is 0. The molecule has 0 aliphatic heterocycles. The van der Waals surface area contributed by atoms with E-state index in [2.05, 4.69) is 0 Å². The van der Waals surface area contributed by atoms with Crippen molar-refractivity contribution in [2.75, 3.05) is 0 Å². The van der Waals surface area contributed by atoms with Crippen LogP contribution in [0.3, 0.4) is 0 Å². The predicted molar refractivity (Wildman–Crippen MR) is 0 cm³/mol. The van der Waals surface area contributed by atoms with Gasteiger partial charge < -0.3 is 71.9 Å². The molecule has 0 unspecified atom stereocenters. The third-order valence-electron chi connectivity index (χ3n) is 0. The largest absolute Gasteiger partial charge is 2.00 e. The Balaban J connectivity index is 0. The summed E-state index contributed by atoms with van der Waals surface area (Å²) in [6, 6.07) is 0. The SMILES string of the molecule is [Ag+].[Hg+2].[I-].[I-].[I-]. The summed E-state index contributed by atoms with van der Waals surface area (Å²) < 4.78 is 0. The summed E-state index contributed by atoms with van der Waals surface area (Å²) in [6.07, 6.45) is 0. The van der Waals surface area contributed by atoms with Crippen LogP contribution in [-0.4, -0.2) is 0 Å². The molecule has 0 fully saturated rings. The van der Waals surface area contributed by atoms with Gasteiger partial charge in [0, 0.05) is 0 Å². The second-order valence-corrected chi connectivity index (χ2v) is 0. The molecule has 5 heteroatoms. The van der Waals surface area contributed by atoms with E-state index in [1.807, 2.05) is 0 Å². The zero-order valence-electron chi connectivity index (χ0n) is 2.14. The zero-order chi connectivity index (χ0) is 0. The molecule has 0 nitrogen and oxygen atoms in total. The van der Waals surface area contributed by atoms with Gasteiger partial charge in [-0.1, -0.05) is 0 Å². The van der Waals surface area contributed by atoms with Crippen molar-refractivity contribution in [3.8, 4) is 0 Å². The van der Waals surface area contributed by atoms with Crippen molar-refractivity contribution < 1.29 is 122 Å². The van der Waals surface area contributed by atoms with Crippen molar-refractivity contribution in [2.24, 2.45) is 0 Å². The average molecular weight is 689 g/mol. The molecule has 0 rings (SSSR count). The van der Waals surface area contributed by atoms with E-state index >= 15 is 0 Å². The first-order chi connectivity index (χ1) is 0. The smallest absolute Gasteiger partial charge is 1.00 e. The molecule has 0 amide bonds. The Morgan fingerprint density at radius 3 is 0.600 bits per heavy atom. The Kier molecular flexibility index (Phi) is 182. The second kappa shape index (κ2) is 24.8. The quantitative estimate of drug-likeness (QED) is 0.176. The van der Waals surface area contributed by atoms with Gasteiger partial charge in [-0.15, -0.1) is 0 Å². The molecule has 0 aromatic heterocycles. The monoisotopic (exact) mass is 690 g/mol. The fourth-order valence-electron chi connectivity index (χ4n) is 0. The Labute approximate surface area is 119 Å². The van der Waals surface area contributed by atoms with Crippen molar-refractivity contribution in [1.82, 2.24) is 0 Å². The van der Waals surface area contributed by atoms with Gasteiger partial charge in [0.25, 0.3) is 0 Å². The Hall–Kier alpha value is 3.87. The first-order valence-electron chi connectivity index (χ1n) is 0. The summed E-state index contributed by atoms with van der Waals surface area (Å²) in [4.78, 5) is 0. The Bertz CT molecular complexity index is 6.85. The first-order valence-corrected chi connectivity index (χ1v) is 0. The van der Waals surface area contributed by atoms with Crippen LogP contribution in [0.25, 0.3) is 0 Å². The maximum atomic E-state index is 0. The van der Waals surface area contributed by atoms with Gasteiger partial charge in [-0.2, -0.15) is 0 Å². The third kappa shape index (κ3) is 18.1. The average Bonchev–Trinajstić information content (AvgIpc) is 0. The van der Waals surface area contributed by atoms with E-state index in [1.54, 1.807) is 0 Å². The van der Waals surface area contributed by atoms with E-state index in [9.17, 15) is 0 Å². The molecule has 0 N–H and O–H groups in total. The minimum absolute atomic E-state index is 0. The molecule has 0 heterocycles. The fourth-order valence-corrected chi connectivity index (χ4v) is 0. The molecule has 0 saturated carbocycles. The van der Waals surface area contributed by atoms with Crippen LogP contribution < -0.4 is 71.9 Å². The van der Waals surface area contributed by atoms with E-state index in [0.29, 0.717) is 0 Å². The van der Waals surface area contributed by atoms with Gasteiger partial charge in [-0.3, -0.25) is 0 Å². The first kappa shape index (κ1) is 36.7. The number of rotatable bonds is 0. The summed E-state index contributed by atoms with van der Waals surface area (Å²) in [5, 5.41) is 0. The van der Waals surface area contributed by atoms with Crippen LogP contribution in [-0.2, 0) is 50.0 Å². The molecule has 0 radical (unpaired) electrons. The summed E-state index contributed by atoms with van der Waals surface area (Å²) in [7, 11) is 0. The minimum Gasteiger partial charge on any atom is -1.00 e. The van der Waals surface area contributed by atoms with Crippen LogP contribution in [0.2, 0.25) is 0 Å². The molecule has 0 aliphatic carbocycles. The van der Waals surface area contributed by atoms with E-state index in [0.717, 1.165) is 0 Å². The number of halogens is 3. The summed E-state index contributed by atoms with van der Waals surface area (Å²) in [5.74, 6) is 0. The molecule has 0 spiro atoms. The zero-order valence-corrected chi connectivity index (χ0v) is 15.6. The summed E-state index contributed by atoms with van der Waals surface area (Å²) in [5.41, 5.74) is 0. The normalized spacial score (nSPS) is 0. The second-order valence-electron chi connectivity index (χ2n) is 0. The van der Waals surface area contributed by atoms with Gasteiger partial charge in [-0.25, -0.2) is 0 Å². The minimum atomic E-state index is 0. The van der Waals surface area contributed by atoms with Crippen molar-refractivity contribution in [1.29, 1.82) is 0 Å². The van der Waals surface area contributed by atoms with Crippen molar-refractivity contribution in [3.63, 3.8) is 0 Å². The Morgan fingerprint density at radius 2 is 0.600 bits per heavy atom. The number of hydrogen-bond donors (Lipinski definition) is 0. The fraction of sp³-hybridized carbons (Fsp3) is 0. The van der Waals surface area contributed by atoms with Gasteiger partial charge in [0.05, 0.1) is 0 Å². The molecule has 0 atom stereocenters. The van der Waals surface area contributed by atoms with E-state index < -0.39 is 0 Å². The van der Waals surface area contributed by atoms with Crippen LogP contribution in [0.1, 0.15) is 0 Å². The van der Waals surface area contributed by atoms with Gasteiger partial charge in [0.15, 0.2) is 0 Å². The van der Waals surface area contributed by atoms with Crippen LogP contribution in [0, 0.1) is 0 Å². The van der Waals surface area contributed by atoms with Crippen LogP contribution in [0.4, 0.5) is 0 Å². The van der Waals surface area contributed by atoms with Gasteiger partial charge in [0.1, 0.15) is 0 Å². The molecular weight excluding hydrogens is 689 g/mol. The van der Waals surface area contributed by atoms with Gasteiger partial charge >= 0.3 is 50.0 Å². The number of hydrogen-bond acceptors (Lipinski definition) is 0. The van der Waals surface area contributed by atoms with Crippen molar-refractivity contribution in [3.05, 3.63) is 0 Å². The third-order valence-corrected chi connectivity index (χ3v) is 0. The van der Waals surface area contributed by atoms with Crippen LogP contribution >= 0.6 is 0 Å². The van der Waals surface area contributed by atoms with Crippen molar-refractivity contribution >= 4 is 0 Å². The van der Waals surface area contributed by atoms with Crippen molar-refractivity contribution in [2.45, 2.75) is 0 Å². The molecule has 34 valence electrons. The Morgan fingerprint density at radius 1 is 0.600 bits per heavy atom. The maximum Gasteiger partial charge on any atom is 2.00 e. The predicted octanol–water partition coefficient (Wildman–Crippen LogP) is -8.99. The standard InChI is InChI=1S/Ag.Hg.3HI/h;;3*1H/q+1;+2;;;/p-3. The van der Waals surface area contributed by atoms with Crippen LogP contribution in [0.15, 0.2) is 0 Å². The summed E-state index contributed by atoms with van der Waals surface area (Å²) >= 11 is 0. The topological polar surface area (TPSA) is 0 Å². The van der Waals surface area contributed by atoms with E-state index in [4.69, 9.17) is 0 Å². The van der Waals surface area contributed by atoms with Gasteiger partial charge in [0.2, 0.25) is 0 Å². The molecule has 0 bridgehead atoms. The maximum absolute atomic E-state index is 0. The molecule has 5 heavy (non-hydrogen) atoms. The molecule has 0 aromatic rings. The molecular formula is AgHgI3. The molecule has 0 aliphatic rings. The molecule has 0 saturated heterocycles.